The second kappa shape index (κ2) is 9.19. The highest BCUT2D eigenvalue weighted by molar-refractivity contribution is 6.11. The lowest BCUT2D eigenvalue weighted by molar-refractivity contribution is -0.135. The van der Waals surface area contributed by atoms with Crippen molar-refractivity contribution < 1.29 is 9.90 Å². The summed E-state index contributed by atoms with van der Waals surface area (Å²) < 4.78 is 0. The number of hydrogen-bond donors (Lipinski definition) is 3. The van der Waals surface area contributed by atoms with Gasteiger partial charge in [-0.1, -0.05) is 0 Å². The van der Waals surface area contributed by atoms with Crippen molar-refractivity contribution in [3.05, 3.63) is 0 Å². The van der Waals surface area contributed by atoms with E-state index in [1.165, 1.54) is 0 Å². The first-order valence-corrected chi connectivity index (χ1v) is 1.84. The molecule has 0 atom stereocenters. The van der Waals surface area contributed by atoms with Crippen LogP contribution in [0.1, 0.15) is 0 Å². The summed E-state index contributed by atoms with van der Waals surface area (Å²) in [5.74, 6) is -0.968. The first-order chi connectivity index (χ1) is 3.27. The highest BCUT2D eigenvalue weighted by Crippen LogP contribution is 1.43. The van der Waals surface area contributed by atoms with Crippen LogP contribution < -0.4 is 11.0 Å². The maximum absolute atomic E-state index is 9.24. The van der Waals surface area contributed by atoms with Crippen molar-refractivity contribution in [2.24, 2.45) is 11.0 Å². The van der Waals surface area contributed by atoms with Crippen LogP contribution in [-0.4, -0.2) is 17.6 Å². The Hall–Kier alpha value is -0.320. The Kier molecular flexibility index (Phi) is 12.9. The minimum absolute atomic E-state index is 0.278. The van der Waals surface area contributed by atoms with Gasteiger partial charge in [0.05, 0.1) is 6.54 Å². The molecule has 0 saturated carbocycles. The second-order valence-corrected chi connectivity index (χ2v) is 0.598. The van der Waals surface area contributed by atoms with Crippen molar-refractivity contribution in [2.75, 3.05) is 6.54 Å². The molecule has 0 spiro atoms. The molecule has 0 aliphatic heterocycles. The Morgan fingerprint density at radius 2 is 1.86 bits per heavy atom. The van der Waals surface area contributed by atoms with Crippen LogP contribution in [0.3, 0.4) is 0 Å². The Morgan fingerprint density at radius 3 is 1.86 bits per heavy atom. The molecule has 0 aromatic rings. The molecule has 0 unspecified atom stereocenters. The fraction of sp³-hybridized carbons (Fsp3) is 0.500. The Labute approximate surface area is 46.2 Å². The van der Waals surface area contributed by atoms with Crippen LogP contribution in [0.25, 0.3) is 0 Å². The van der Waals surface area contributed by atoms with Gasteiger partial charge in [0.2, 0.25) is 0 Å². The van der Waals surface area contributed by atoms with E-state index in [9.17, 15) is 4.79 Å². The quantitative estimate of drug-likeness (QED) is 0.399. The maximum atomic E-state index is 9.24. The van der Waals surface area contributed by atoms with E-state index < -0.39 is 5.97 Å². The minimum atomic E-state index is -0.968. The lowest BCUT2D eigenvalue weighted by atomic mass is 10.7. The molecular weight excluding hydrogens is 119 g/mol. The van der Waals surface area contributed by atoms with Gasteiger partial charge in [-0.25, -0.2) is 5.25 Å². The molecule has 0 fully saturated rings. The second-order valence-electron chi connectivity index (χ2n) is 0.598. The fourth-order valence-electron chi connectivity index (χ4n) is 0. The van der Waals surface area contributed by atoms with Gasteiger partial charge in [0.25, 0.3) is 0 Å². The predicted octanol–water partition coefficient (Wildman–Crippen LogP) is -0.871. The smallest absolute Gasteiger partial charge is 0.317 e. The Morgan fingerprint density at radius 1 is 1.71 bits per heavy atom. The van der Waals surface area contributed by atoms with Crippen molar-refractivity contribution in [1.82, 2.24) is 0 Å². The van der Waals surface area contributed by atoms with E-state index in [1.807, 2.05) is 0 Å². The fourth-order valence-corrected chi connectivity index (χ4v) is 0. The molecule has 0 aromatic carbocycles. The molecule has 0 saturated heterocycles. The van der Waals surface area contributed by atoms with Gasteiger partial charge >= 0.3 is 5.97 Å². The number of halogens is 1. The van der Waals surface area contributed by atoms with Gasteiger partial charge in [0.15, 0.2) is 0 Å². The van der Waals surface area contributed by atoms with E-state index in [-0.39, 0.29) is 6.54 Å². The van der Waals surface area contributed by atoms with E-state index in [4.69, 9.17) is 5.11 Å². The van der Waals surface area contributed by atoms with Crippen molar-refractivity contribution in [3.63, 3.8) is 0 Å². The summed E-state index contributed by atoms with van der Waals surface area (Å²) in [6, 6.07) is 0. The molecule has 0 amide bonds. The standard InChI is InChI=1S/C2H5NO2.ClH2N/c3-1-2(4)5;1-2/h1,3H2,(H,4,5);2H2. The number of carboxylic acid groups (broad SMARTS) is 1. The summed E-state index contributed by atoms with van der Waals surface area (Å²) in [5, 5.41) is 11.6. The summed E-state index contributed by atoms with van der Waals surface area (Å²) >= 11 is 4.14. The first-order valence-electron chi connectivity index (χ1n) is 1.41. The van der Waals surface area contributed by atoms with Crippen LogP contribution >= 0.6 is 11.8 Å². The third-order valence-electron chi connectivity index (χ3n) is 0.175. The third kappa shape index (κ3) is 27.3. The largest absolute Gasteiger partial charge is 0.480 e. The maximum Gasteiger partial charge on any atom is 0.317 e. The van der Waals surface area contributed by atoms with Crippen LogP contribution in [0.5, 0.6) is 0 Å². The zero-order chi connectivity index (χ0) is 6.28. The molecule has 5 N–H and O–H groups in total. The molecule has 0 radical (unpaired) electrons. The van der Waals surface area contributed by atoms with E-state index in [2.05, 4.69) is 22.8 Å². The predicted molar refractivity (Wildman–Crippen MR) is 26.7 cm³/mol. The molecule has 0 aliphatic rings. The molecule has 0 aliphatic carbocycles. The van der Waals surface area contributed by atoms with E-state index >= 15 is 0 Å². The zero-order valence-corrected chi connectivity index (χ0v) is 4.35. The normalized spacial score (nSPS) is 6.14. The molecule has 7 heavy (non-hydrogen) atoms. The molecule has 0 heterocycles. The number of rotatable bonds is 1. The average molecular weight is 127 g/mol. The molecular formula is C2H7ClN2O2. The van der Waals surface area contributed by atoms with Gasteiger partial charge < -0.3 is 10.8 Å². The van der Waals surface area contributed by atoms with E-state index in [0.29, 0.717) is 0 Å². The molecule has 0 aromatic heterocycles. The van der Waals surface area contributed by atoms with E-state index in [0.717, 1.165) is 0 Å². The van der Waals surface area contributed by atoms with Crippen LogP contribution in [0.2, 0.25) is 0 Å². The van der Waals surface area contributed by atoms with Crippen molar-refractivity contribution >= 4 is 17.7 Å². The van der Waals surface area contributed by atoms with Gasteiger partial charge in [-0.2, -0.15) is 0 Å². The van der Waals surface area contributed by atoms with Crippen LogP contribution in [-0.2, 0) is 4.79 Å². The first kappa shape index (κ1) is 9.84. The minimum Gasteiger partial charge on any atom is -0.480 e. The van der Waals surface area contributed by atoms with Crippen molar-refractivity contribution in [3.8, 4) is 0 Å². The number of carbonyl (C=O) groups is 1. The number of aliphatic carboxylic acids is 1. The van der Waals surface area contributed by atoms with Crippen LogP contribution in [0.15, 0.2) is 0 Å². The van der Waals surface area contributed by atoms with Gasteiger partial charge in [-0.15, -0.1) is 0 Å². The average Bonchev–Trinajstić information content (AvgIpc) is 1.73. The topological polar surface area (TPSA) is 89.3 Å². The number of hydrogen-bond acceptors (Lipinski definition) is 3. The molecule has 5 heteroatoms. The van der Waals surface area contributed by atoms with Gasteiger partial charge in [0.1, 0.15) is 0 Å². The lowest BCUT2D eigenvalue weighted by Crippen LogP contribution is -2.10. The van der Waals surface area contributed by atoms with Gasteiger partial charge in [-0.3, -0.25) is 4.79 Å². The zero-order valence-electron chi connectivity index (χ0n) is 3.60. The van der Waals surface area contributed by atoms with Crippen LogP contribution in [0.4, 0.5) is 0 Å². The number of carboxylic acids is 1. The van der Waals surface area contributed by atoms with Crippen molar-refractivity contribution in [1.29, 1.82) is 0 Å². The Bertz CT molecular complexity index is 49.0. The summed E-state index contributed by atoms with van der Waals surface area (Å²) in [7, 11) is 0. The third-order valence-corrected chi connectivity index (χ3v) is 0.175. The van der Waals surface area contributed by atoms with E-state index in [1.54, 1.807) is 0 Å². The summed E-state index contributed by atoms with van der Waals surface area (Å²) in [5.41, 5.74) is 4.57. The highest BCUT2D eigenvalue weighted by atomic mass is 35.5. The van der Waals surface area contributed by atoms with Crippen molar-refractivity contribution in [2.45, 2.75) is 0 Å². The monoisotopic (exact) mass is 126 g/mol. The lowest BCUT2D eigenvalue weighted by Gasteiger charge is -1.73. The SMILES string of the molecule is NCC(=O)O.NCl. The van der Waals surface area contributed by atoms with Gasteiger partial charge in [0, 0.05) is 0 Å². The van der Waals surface area contributed by atoms with Crippen LogP contribution in [0, 0.1) is 0 Å². The summed E-state index contributed by atoms with van der Waals surface area (Å²) in [4.78, 5) is 9.24. The Balaban J connectivity index is 0. The summed E-state index contributed by atoms with van der Waals surface area (Å²) in [6.45, 7) is -0.278. The number of nitrogens with two attached hydrogens (primary N) is 2. The summed E-state index contributed by atoms with van der Waals surface area (Å²) in [6.07, 6.45) is 0. The van der Waals surface area contributed by atoms with Gasteiger partial charge in [-0.05, 0) is 11.8 Å². The molecule has 0 bridgehead atoms. The highest BCUT2D eigenvalue weighted by Gasteiger charge is 1.81. The molecule has 44 valence electrons. The molecule has 4 nitrogen and oxygen atoms in total. The molecule has 0 rings (SSSR count).